The standard InChI is InChI=1S/C17H14N4O4S/c22-15-17(6-1-4-12-10(17)5-8-26-12)18-16(23)21(15)9-13-19-20-14(25-13)11-3-2-7-24-11/h2-3,5,7-8H,1,4,6,9H2,(H,18,23)/t17-/m1/s1. The molecule has 3 aromatic rings. The minimum absolute atomic E-state index is 0.0698. The third-order valence-electron chi connectivity index (χ3n) is 4.83. The van der Waals surface area contributed by atoms with Crippen molar-refractivity contribution in [1.82, 2.24) is 20.4 Å². The smallest absolute Gasteiger partial charge is 0.325 e. The molecule has 5 rings (SSSR count). The third kappa shape index (κ3) is 2.13. The highest BCUT2D eigenvalue weighted by Crippen LogP contribution is 2.42. The molecule has 1 aliphatic carbocycles. The Hall–Kier alpha value is -2.94. The molecule has 8 nitrogen and oxygen atoms in total. The van der Waals surface area contributed by atoms with Crippen LogP contribution in [0, 0.1) is 0 Å². The van der Waals surface area contributed by atoms with Crippen LogP contribution in [0.3, 0.4) is 0 Å². The summed E-state index contributed by atoms with van der Waals surface area (Å²) in [5.41, 5.74) is -0.0504. The van der Waals surface area contributed by atoms with Crippen molar-refractivity contribution < 1.29 is 18.4 Å². The highest BCUT2D eigenvalue weighted by Gasteiger charge is 2.54. The van der Waals surface area contributed by atoms with E-state index in [1.165, 1.54) is 6.26 Å². The molecule has 3 aromatic heterocycles. The Morgan fingerprint density at radius 1 is 1.31 bits per heavy atom. The van der Waals surface area contributed by atoms with Gasteiger partial charge in [-0.3, -0.25) is 9.69 Å². The summed E-state index contributed by atoms with van der Waals surface area (Å²) in [4.78, 5) is 28.0. The molecular weight excluding hydrogens is 356 g/mol. The van der Waals surface area contributed by atoms with Gasteiger partial charge in [-0.05, 0) is 42.8 Å². The van der Waals surface area contributed by atoms with Crippen LogP contribution in [0.15, 0.2) is 38.7 Å². The molecule has 132 valence electrons. The molecule has 0 saturated carbocycles. The van der Waals surface area contributed by atoms with E-state index in [1.807, 2.05) is 11.4 Å². The molecule has 1 N–H and O–H groups in total. The summed E-state index contributed by atoms with van der Waals surface area (Å²) >= 11 is 1.62. The maximum Gasteiger partial charge on any atom is 0.325 e. The predicted molar refractivity (Wildman–Crippen MR) is 90.0 cm³/mol. The Morgan fingerprint density at radius 2 is 2.23 bits per heavy atom. The Kier molecular flexibility index (Phi) is 3.26. The van der Waals surface area contributed by atoms with Crippen LogP contribution in [0.1, 0.15) is 29.2 Å². The Morgan fingerprint density at radius 3 is 3.08 bits per heavy atom. The molecule has 1 aliphatic heterocycles. The van der Waals surface area contributed by atoms with E-state index in [0.717, 1.165) is 28.2 Å². The van der Waals surface area contributed by atoms with E-state index < -0.39 is 11.6 Å². The number of carbonyl (C=O) groups is 2. The second kappa shape index (κ2) is 5.53. The minimum Gasteiger partial charge on any atom is -0.459 e. The number of amides is 3. The molecule has 3 amide bonds. The van der Waals surface area contributed by atoms with E-state index in [9.17, 15) is 9.59 Å². The molecule has 0 bridgehead atoms. The maximum absolute atomic E-state index is 13.1. The average molecular weight is 370 g/mol. The van der Waals surface area contributed by atoms with E-state index in [2.05, 4.69) is 15.5 Å². The zero-order valence-electron chi connectivity index (χ0n) is 13.6. The van der Waals surface area contributed by atoms with Gasteiger partial charge in [0.1, 0.15) is 12.1 Å². The summed E-state index contributed by atoms with van der Waals surface area (Å²) in [7, 11) is 0. The molecule has 0 radical (unpaired) electrons. The summed E-state index contributed by atoms with van der Waals surface area (Å²) in [6.45, 7) is -0.0698. The lowest BCUT2D eigenvalue weighted by molar-refractivity contribution is -0.132. The van der Waals surface area contributed by atoms with Crippen LogP contribution >= 0.6 is 11.3 Å². The van der Waals surface area contributed by atoms with Gasteiger partial charge in [-0.15, -0.1) is 21.5 Å². The van der Waals surface area contributed by atoms with E-state index in [4.69, 9.17) is 8.83 Å². The molecule has 26 heavy (non-hydrogen) atoms. The highest BCUT2D eigenvalue weighted by atomic mass is 32.1. The number of nitrogens with one attached hydrogen (secondary N) is 1. The van der Waals surface area contributed by atoms with Crippen LogP contribution in [0.25, 0.3) is 11.7 Å². The zero-order chi connectivity index (χ0) is 17.7. The second-order valence-corrected chi connectivity index (χ2v) is 7.32. The number of fused-ring (bicyclic) bond motifs is 2. The Balaban J connectivity index is 1.43. The largest absolute Gasteiger partial charge is 0.459 e. The SMILES string of the molecule is O=C1N[C@@]2(CCCc3sccc32)C(=O)N1Cc1nnc(-c2ccco2)o1. The number of aryl methyl sites for hydroxylation is 1. The maximum atomic E-state index is 13.1. The van der Waals surface area contributed by atoms with E-state index in [1.54, 1.807) is 23.5 Å². The summed E-state index contributed by atoms with van der Waals surface area (Å²) in [5, 5.41) is 12.7. The molecule has 1 fully saturated rings. The summed E-state index contributed by atoms with van der Waals surface area (Å²) in [5.74, 6) is 0.565. The Bertz CT molecular complexity index is 992. The average Bonchev–Trinajstić information content (AvgIpc) is 3.41. The summed E-state index contributed by atoms with van der Waals surface area (Å²) < 4.78 is 10.7. The van der Waals surface area contributed by atoms with Crippen molar-refractivity contribution in [2.75, 3.05) is 0 Å². The van der Waals surface area contributed by atoms with Crippen molar-refractivity contribution in [3.05, 3.63) is 46.2 Å². The van der Waals surface area contributed by atoms with Crippen molar-refractivity contribution in [2.45, 2.75) is 31.3 Å². The van der Waals surface area contributed by atoms with E-state index in [-0.39, 0.29) is 24.2 Å². The van der Waals surface area contributed by atoms with Crippen molar-refractivity contribution in [1.29, 1.82) is 0 Å². The first-order valence-corrected chi connectivity index (χ1v) is 9.12. The lowest BCUT2D eigenvalue weighted by Gasteiger charge is -2.31. The van der Waals surface area contributed by atoms with Crippen LogP contribution < -0.4 is 5.32 Å². The molecule has 1 atom stereocenters. The third-order valence-corrected chi connectivity index (χ3v) is 5.81. The molecule has 0 unspecified atom stereocenters. The minimum atomic E-state index is -0.964. The first-order chi connectivity index (χ1) is 12.7. The van der Waals surface area contributed by atoms with Crippen molar-refractivity contribution in [2.24, 2.45) is 0 Å². The lowest BCUT2D eigenvalue weighted by atomic mass is 9.80. The first-order valence-electron chi connectivity index (χ1n) is 8.24. The van der Waals surface area contributed by atoms with Gasteiger partial charge in [0.15, 0.2) is 5.76 Å². The van der Waals surface area contributed by atoms with Gasteiger partial charge >= 0.3 is 6.03 Å². The summed E-state index contributed by atoms with van der Waals surface area (Å²) in [6, 6.07) is 4.90. The molecule has 2 aliphatic rings. The van der Waals surface area contributed by atoms with Crippen LogP contribution in [-0.2, 0) is 23.3 Å². The zero-order valence-corrected chi connectivity index (χ0v) is 14.4. The number of aromatic nitrogens is 2. The van der Waals surface area contributed by atoms with Gasteiger partial charge in [-0.2, -0.15) is 0 Å². The van der Waals surface area contributed by atoms with Crippen LogP contribution in [-0.4, -0.2) is 27.0 Å². The van der Waals surface area contributed by atoms with Gasteiger partial charge in [0.25, 0.3) is 11.8 Å². The van der Waals surface area contributed by atoms with Crippen LogP contribution in [0.5, 0.6) is 0 Å². The molecule has 9 heteroatoms. The number of nitrogens with zero attached hydrogens (tertiary/aromatic N) is 3. The number of rotatable bonds is 3. The van der Waals surface area contributed by atoms with E-state index in [0.29, 0.717) is 12.2 Å². The van der Waals surface area contributed by atoms with Crippen LogP contribution in [0.4, 0.5) is 4.79 Å². The lowest BCUT2D eigenvalue weighted by Crippen LogP contribution is -2.46. The first kappa shape index (κ1) is 15.3. The quantitative estimate of drug-likeness (QED) is 0.711. The number of hydrogen-bond acceptors (Lipinski definition) is 7. The number of thiophene rings is 1. The highest BCUT2D eigenvalue weighted by molar-refractivity contribution is 7.10. The number of urea groups is 1. The van der Waals surface area contributed by atoms with Crippen molar-refractivity contribution >= 4 is 23.3 Å². The molecule has 4 heterocycles. The molecule has 1 saturated heterocycles. The normalized spacial score (nSPS) is 22.1. The fourth-order valence-electron chi connectivity index (χ4n) is 3.64. The van der Waals surface area contributed by atoms with Gasteiger partial charge in [0.05, 0.1) is 6.26 Å². The van der Waals surface area contributed by atoms with Gasteiger partial charge in [-0.1, -0.05) is 0 Å². The fourth-order valence-corrected chi connectivity index (χ4v) is 4.64. The monoisotopic (exact) mass is 370 g/mol. The number of furan rings is 1. The van der Waals surface area contributed by atoms with Crippen molar-refractivity contribution in [3.8, 4) is 11.7 Å². The van der Waals surface area contributed by atoms with Gasteiger partial charge in [0.2, 0.25) is 5.89 Å². The topological polar surface area (TPSA) is 101 Å². The second-order valence-electron chi connectivity index (χ2n) is 6.32. The molecule has 0 aromatic carbocycles. The molecule has 1 spiro atoms. The fraction of sp³-hybridized carbons (Fsp3) is 0.294. The molecular formula is C17H14N4O4S. The summed E-state index contributed by atoms with van der Waals surface area (Å²) in [6.07, 6.45) is 3.89. The van der Waals surface area contributed by atoms with E-state index >= 15 is 0 Å². The number of imide groups is 1. The van der Waals surface area contributed by atoms with Gasteiger partial charge in [0, 0.05) is 10.4 Å². The number of hydrogen-bond donors (Lipinski definition) is 1. The number of carbonyl (C=O) groups excluding carboxylic acids is 2. The van der Waals surface area contributed by atoms with Crippen LogP contribution in [0.2, 0.25) is 0 Å². The van der Waals surface area contributed by atoms with Gasteiger partial charge < -0.3 is 14.2 Å². The van der Waals surface area contributed by atoms with Crippen molar-refractivity contribution in [3.63, 3.8) is 0 Å². The Labute approximate surface area is 151 Å². The predicted octanol–water partition coefficient (Wildman–Crippen LogP) is 2.67. The van der Waals surface area contributed by atoms with Gasteiger partial charge in [-0.25, -0.2) is 4.79 Å².